The molecule has 6 nitrogen and oxygen atoms in total. The van der Waals surface area contributed by atoms with Crippen LogP contribution in [0, 0.1) is 0 Å². The van der Waals surface area contributed by atoms with E-state index in [9.17, 15) is 9.59 Å². The number of rotatable bonds is 7. The van der Waals surface area contributed by atoms with Crippen LogP contribution in [0.15, 0.2) is 17.5 Å². The summed E-state index contributed by atoms with van der Waals surface area (Å²) in [6, 6.07) is 3.07. The molecular weight excluding hydrogens is 312 g/mol. The summed E-state index contributed by atoms with van der Waals surface area (Å²) in [6.07, 6.45) is 3.36. The minimum absolute atomic E-state index is 0.0360. The molecule has 1 aliphatic heterocycles. The number of carbonyl (C=O) groups excluding carboxylic acids is 2. The zero-order chi connectivity index (χ0) is 16.7. The number of carbonyl (C=O) groups is 2. The first-order valence-electron chi connectivity index (χ1n) is 8.19. The van der Waals surface area contributed by atoms with Crippen LogP contribution in [0.1, 0.15) is 43.5 Å². The van der Waals surface area contributed by atoms with E-state index in [0.29, 0.717) is 0 Å². The molecule has 1 fully saturated rings. The molecule has 0 saturated carbocycles. The Kier molecular flexibility index (Phi) is 6.85. The molecule has 0 aromatic carbocycles. The van der Waals surface area contributed by atoms with Crippen LogP contribution in [-0.2, 0) is 4.79 Å². The topological polar surface area (TPSA) is 87.5 Å². The molecular formula is C16H26N4O2S. The average Bonchev–Trinajstić information content (AvgIpc) is 3.02. The second-order valence-corrected chi connectivity index (χ2v) is 6.94. The molecule has 0 bridgehead atoms. The highest BCUT2D eigenvalue weighted by Crippen LogP contribution is 2.22. The van der Waals surface area contributed by atoms with Gasteiger partial charge in [-0.15, -0.1) is 11.3 Å². The lowest BCUT2D eigenvalue weighted by Gasteiger charge is -2.32. The molecule has 4 N–H and O–H groups in total. The van der Waals surface area contributed by atoms with E-state index in [1.165, 1.54) is 11.3 Å². The van der Waals surface area contributed by atoms with Crippen molar-refractivity contribution < 1.29 is 9.59 Å². The highest BCUT2D eigenvalue weighted by atomic mass is 32.1. The van der Waals surface area contributed by atoms with Crippen LogP contribution < -0.4 is 16.4 Å². The summed E-state index contributed by atoms with van der Waals surface area (Å²) in [4.78, 5) is 26.8. The van der Waals surface area contributed by atoms with Crippen molar-refractivity contribution in [1.82, 2.24) is 15.5 Å². The van der Waals surface area contributed by atoms with Crippen molar-refractivity contribution in [1.29, 1.82) is 0 Å². The highest BCUT2D eigenvalue weighted by Gasteiger charge is 2.23. The number of nitrogens with zero attached hydrogens (tertiary/aromatic N) is 1. The van der Waals surface area contributed by atoms with E-state index >= 15 is 0 Å². The molecule has 3 amide bonds. The number of hydrogen-bond donors (Lipinski definition) is 3. The average molecular weight is 338 g/mol. The molecule has 0 aliphatic carbocycles. The normalized spacial score (nSPS) is 17.6. The Morgan fingerprint density at radius 3 is 2.74 bits per heavy atom. The van der Waals surface area contributed by atoms with Gasteiger partial charge in [-0.25, -0.2) is 4.79 Å². The third-order valence-corrected chi connectivity index (χ3v) is 5.07. The zero-order valence-corrected chi connectivity index (χ0v) is 14.4. The third kappa shape index (κ3) is 5.84. The Labute approximate surface area is 141 Å². The van der Waals surface area contributed by atoms with Crippen molar-refractivity contribution in [2.75, 3.05) is 19.6 Å². The molecule has 2 heterocycles. The van der Waals surface area contributed by atoms with E-state index < -0.39 is 6.03 Å². The monoisotopic (exact) mass is 338 g/mol. The smallest absolute Gasteiger partial charge is 0.312 e. The summed E-state index contributed by atoms with van der Waals surface area (Å²) in [5, 5.41) is 7.67. The van der Waals surface area contributed by atoms with Crippen molar-refractivity contribution in [3.05, 3.63) is 22.4 Å². The Hall–Kier alpha value is -1.60. The number of likely N-dealkylation sites (tertiary alicyclic amines) is 1. The molecule has 0 radical (unpaired) electrons. The number of nitrogens with one attached hydrogen (secondary N) is 2. The van der Waals surface area contributed by atoms with E-state index in [0.717, 1.165) is 43.8 Å². The lowest BCUT2D eigenvalue weighted by Crippen LogP contribution is -2.45. The summed E-state index contributed by atoms with van der Waals surface area (Å²) in [5.74, 6) is -0.0360. The van der Waals surface area contributed by atoms with Gasteiger partial charge in [0.15, 0.2) is 0 Å². The van der Waals surface area contributed by atoms with Crippen molar-refractivity contribution in [2.45, 2.75) is 44.7 Å². The quantitative estimate of drug-likeness (QED) is 0.709. The lowest BCUT2D eigenvalue weighted by molar-refractivity contribution is -0.122. The summed E-state index contributed by atoms with van der Waals surface area (Å²) in [6.45, 7) is 5.38. The van der Waals surface area contributed by atoms with E-state index in [2.05, 4.69) is 22.5 Å². The molecule has 7 heteroatoms. The molecule has 0 spiro atoms. The molecule has 2 rings (SSSR count). The highest BCUT2D eigenvalue weighted by molar-refractivity contribution is 7.10. The van der Waals surface area contributed by atoms with Gasteiger partial charge in [0.05, 0.1) is 12.5 Å². The van der Waals surface area contributed by atoms with Crippen LogP contribution in [0.3, 0.4) is 0 Å². The van der Waals surface area contributed by atoms with E-state index in [4.69, 9.17) is 5.73 Å². The van der Waals surface area contributed by atoms with Gasteiger partial charge in [0, 0.05) is 24.0 Å². The number of primary amides is 1. The third-order valence-electron chi connectivity index (χ3n) is 4.09. The fraction of sp³-hybridized carbons (Fsp3) is 0.625. The minimum Gasteiger partial charge on any atom is -0.353 e. The standard InChI is InChI=1S/C16H26N4O2S/c1-2-7-20-8-5-12(6-9-20)18-15(21)11-13(19-16(17)22)14-4-3-10-23-14/h3-4,10,12-13H,2,5-9,11H2,1H3,(H,18,21)(H3,17,19,22). The second kappa shape index (κ2) is 8.88. The van der Waals surface area contributed by atoms with Gasteiger partial charge in [0.1, 0.15) is 0 Å². The SMILES string of the molecule is CCCN1CCC(NC(=O)CC(NC(N)=O)c2cccs2)CC1. The van der Waals surface area contributed by atoms with Crippen LogP contribution in [0.25, 0.3) is 0 Å². The van der Waals surface area contributed by atoms with Gasteiger partial charge in [-0.1, -0.05) is 13.0 Å². The van der Waals surface area contributed by atoms with Crippen LogP contribution in [0.4, 0.5) is 4.79 Å². The first-order valence-corrected chi connectivity index (χ1v) is 9.07. The minimum atomic E-state index is -0.607. The maximum atomic E-state index is 12.3. The Balaban J connectivity index is 1.82. The Morgan fingerprint density at radius 2 is 2.17 bits per heavy atom. The maximum Gasteiger partial charge on any atom is 0.312 e. The first kappa shape index (κ1) is 17.7. The molecule has 1 aromatic rings. The van der Waals surface area contributed by atoms with Gasteiger partial charge in [0.2, 0.25) is 5.91 Å². The summed E-state index contributed by atoms with van der Waals surface area (Å²) in [7, 11) is 0. The molecule has 128 valence electrons. The van der Waals surface area contributed by atoms with Crippen LogP contribution >= 0.6 is 11.3 Å². The number of thiophene rings is 1. The van der Waals surface area contributed by atoms with Crippen molar-refractivity contribution >= 4 is 23.3 Å². The van der Waals surface area contributed by atoms with Gasteiger partial charge in [-0.05, 0) is 37.3 Å². The van der Waals surface area contributed by atoms with E-state index in [1.807, 2.05) is 17.5 Å². The van der Waals surface area contributed by atoms with Crippen molar-refractivity contribution in [2.24, 2.45) is 5.73 Å². The number of amides is 3. The van der Waals surface area contributed by atoms with Gasteiger partial charge in [-0.3, -0.25) is 4.79 Å². The molecule has 1 aliphatic rings. The summed E-state index contributed by atoms with van der Waals surface area (Å²) < 4.78 is 0. The molecule has 23 heavy (non-hydrogen) atoms. The molecule has 1 aromatic heterocycles. The van der Waals surface area contributed by atoms with Crippen LogP contribution in [-0.4, -0.2) is 42.5 Å². The predicted molar refractivity (Wildman–Crippen MR) is 92.3 cm³/mol. The number of hydrogen-bond acceptors (Lipinski definition) is 4. The van der Waals surface area contributed by atoms with Gasteiger partial charge in [0.25, 0.3) is 0 Å². The number of nitrogens with two attached hydrogens (primary N) is 1. The largest absolute Gasteiger partial charge is 0.353 e. The second-order valence-electron chi connectivity index (χ2n) is 5.96. The first-order chi connectivity index (χ1) is 11.1. The molecule has 1 unspecified atom stereocenters. The molecule has 1 saturated heterocycles. The number of urea groups is 1. The van der Waals surface area contributed by atoms with E-state index in [1.54, 1.807) is 0 Å². The lowest BCUT2D eigenvalue weighted by atomic mass is 10.0. The fourth-order valence-electron chi connectivity index (χ4n) is 2.97. The molecule has 1 atom stereocenters. The zero-order valence-electron chi connectivity index (χ0n) is 13.6. The maximum absolute atomic E-state index is 12.3. The predicted octanol–water partition coefficient (Wildman–Crippen LogP) is 1.84. The van der Waals surface area contributed by atoms with Gasteiger partial charge in [-0.2, -0.15) is 0 Å². The Bertz CT molecular complexity index is 498. The van der Waals surface area contributed by atoms with E-state index in [-0.39, 0.29) is 24.4 Å². The van der Waals surface area contributed by atoms with Crippen molar-refractivity contribution in [3.8, 4) is 0 Å². The van der Waals surface area contributed by atoms with Gasteiger partial charge < -0.3 is 21.3 Å². The Morgan fingerprint density at radius 1 is 1.43 bits per heavy atom. The van der Waals surface area contributed by atoms with Gasteiger partial charge >= 0.3 is 6.03 Å². The van der Waals surface area contributed by atoms with Crippen molar-refractivity contribution in [3.63, 3.8) is 0 Å². The fourth-order valence-corrected chi connectivity index (χ4v) is 3.75. The summed E-state index contributed by atoms with van der Waals surface area (Å²) in [5.41, 5.74) is 5.22. The number of piperidine rings is 1. The van der Waals surface area contributed by atoms with Crippen LogP contribution in [0.5, 0.6) is 0 Å². The summed E-state index contributed by atoms with van der Waals surface area (Å²) >= 11 is 1.51. The van der Waals surface area contributed by atoms with Crippen LogP contribution in [0.2, 0.25) is 0 Å².